The number of anilines is 2. The zero-order valence-electron chi connectivity index (χ0n) is 10.8. The first kappa shape index (κ1) is 12.4. The van der Waals surface area contributed by atoms with Gasteiger partial charge in [-0.3, -0.25) is 4.98 Å². The van der Waals surface area contributed by atoms with Gasteiger partial charge in [0.1, 0.15) is 5.82 Å². The van der Waals surface area contributed by atoms with Gasteiger partial charge in [0.15, 0.2) is 0 Å². The summed E-state index contributed by atoms with van der Waals surface area (Å²) >= 11 is 0. The smallest absolute Gasteiger partial charge is 0.123 e. The molecule has 3 nitrogen and oxygen atoms in total. The fourth-order valence-electron chi connectivity index (χ4n) is 2.21. The molecule has 0 saturated heterocycles. The maximum Gasteiger partial charge on any atom is 0.123 e. The summed E-state index contributed by atoms with van der Waals surface area (Å²) in [5, 5.41) is 5.23. The van der Waals surface area contributed by atoms with Gasteiger partial charge in [0, 0.05) is 41.1 Å². The molecule has 100 valence electrons. The Morgan fingerprint density at radius 1 is 1.10 bits per heavy atom. The molecule has 0 bridgehead atoms. The van der Waals surface area contributed by atoms with Crippen LogP contribution in [0.5, 0.6) is 0 Å². The normalized spacial score (nSPS) is 10.7. The monoisotopic (exact) mass is 267 g/mol. The van der Waals surface area contributed by atoms with Crippen LogP contribution in [0.2, 0.25) is 0 Å². The molecule has 0 unspecified atom stereocenters. The van der Waals surface area contributed by atoms with E-state index in [2.05, 4.69) is 10.3 Å². The van der Waals surface area contributed by atoms with Crippen LogP contribution in [0.3, 0.4) is 0 Å². The van der Waals surface area contributed by atoms with Crippen molar-refractivity contribution < 1.29 is 4.39 Å². The molecule has 1 heterocycles. The average Bonchev–Trinajstić information content (AvgIpc) is 2.47. The minimum atomic E-state index is -0.226. The van der Waals surface area contributed by atoms with E-state index in [4.69, 9.17) is 5.73 Å². The molecule has 0 amide bonds. The third-order valence-corrected chi connectivity index (χ3v) is 3.22. The van der Waals surface area contributed by atoms with Gasteiger partial charge in [-0.05, 0) is 35.9 Å². The lowest BCUT2D eigenvalue weighted by molar-refractivity contribution is 0.626. The summed E-state index contributed by atoms with van der Waals surface area (Å²) in [5.74, 6) is -0.226. The van der Waals surface area contributed by atoms with Gasteiger partial charge in [0.05, 0.1) is 0 Å². The van der Waals surface area contributed by atoms with Crippen molar-refractivity contribution in [1.29, 1.82) is 0 Å². The van der Waals surface area contributed by atoms with Crippen molar-refractivity contribution in [1.82, 2.24) is 4.98 Å². The van der Waals surface area contributed by atoms with E-state index >= 15 is 0 Å². The Kier molecular flexibility index (Phi) is 3.21. The van der Waals surface area contributed by atoms with Gasteiger partial charge in [-0.25, -0.2) is 4.39 Å². The molecular formula is C16H14FN3. The molecule has 0 saturated carbocycles. The topological polar surface area (TPSA) is 50.9 Å². The Morgan fingerprint density at radius 2 is 2.00 bits per heavy atom. The molecule has 4 heteroatoms. The molecular weight excluding hydrogens is 253 g/mol. The van der Waals surface area contributed by atoms with Crippen LogP contribution in [-0.2, 0) is 6.54 Å². The number of pyridine rings is 1. The fraction of sp³-hybridized carbons (Fsp3) is 0.0625. The summed E-state index contributed by atoms with van der Waals surface area (Å²) in [6.45, 7) is 0.555. The third kappa shape index (κ3) is 2.40. The summed E-state index contributed by atoms with van der Waals surface area (Å²) < 4.78 is 13.1. The Hall–Kier alpha value is -2.62. The number of rotatable bonds is 3. The second-order valence-electron chi connectivity index (χ2n) is 4.61. The van der Waals surface area contributed by atoms with E-state index in [0.717, 1.165) is 22.0 Å². The second kappa shape index (κ2) is 5.17. The van der Waals surface area contributed by atoms with E-state index in [0.29, 0.717) is 12.2 Å². The van der Waals surface area contributed by atoms with Gasteiger partial charge in [-0.15, -0.1) is 0 Å². The molecule has 3 rings (SSSR count). The van der Waals surface area contributed by atoms with E-state index in [1.807, 2.05) is 24.3 Å². The van der Waals surface area contributed by atoms with Gasteiger partial charge in [-0.2, -0.15) is 0 Å². The summed E-state index contributed by atoms with van der Waals surface area (Å²) in [7, 11) is 0. The summed E-state index contributed by atoms with van der Waals surface area (Å²) in [6.07, 6.45) is 3.48. The zero-order chi connectivity index (χ0) is 13.9. The molecule has 0 aliphatic heterocycles. The minimum absolute atomic E-state index is 0.226. The number of aromatic nitrogens is 1. The highest BCUT2D eigenvalue weighted by Crippen LogP contribution is 2.27. The number of nitrogens with two attached hydrogens (primary N) is 1. The van der Waals surface area contributed by atoms with Crippen LogP contribution >= 0.6 is 0 Å². The van der Waals surface area contributed by atoms with Crippen molar-refractivity contribution >= 4 is 22.1 Å². The highest BCUT2D eigenvalue weighted by Gasteiger charge is 2.04. The van der Waals surface area contributed by atoms with Gasteiger partial charge in [0.25, 0.3) is 0 Å². The SMILES string of the molecule is Nc1ccc(NCc2cccc(F)c2)c2ccncc12. The molecule has 0 aliphatic rings. The zero-order valence-corrected chi connectivity index (χ0v) is 10.8. The highest BCUT2D eigenvalue weighted by atomic mass is 19.1. The quantitative estimate of drug-likeness (QED) is 0.713. The van der Waals surface area contributed by atoms with Crippen LogP contribution in [0.25, 0.3) is 10.8 Å². The minimum Gasteiger partial charge on any atom is -0.398 e. The Bertz CT molecular complexity index is 756. The van der Waals surface area contributed by atoms with Crippen molar-refractivity contribution in [2.45, 2.75) is 6.54 Å². The lowest BCUT2D eigenvalue weighted by atomic mass is 10.1. The molecule has 0 atom stereocenters. The van der Waals surface area contributed by atoms with E-state index in [1.165, 1.54) is 12.1 Å². The Balaban J connectivity index is 1.90. The molecule has 3 N–H and O–H groups in total. The summed E-state index contributed by atoms with van der Waals surface area (Å²) in [4.78, 5) is 4.09. The largest absolute Gasteiger partial charge is 0.398 e. The Labute approximate surface area is 116 Å². The maximum atomic E-state index is 13.1. The van der Waals surface area contributed by atoms with E-state index in [9.17, 15) is 4.39 Å². The van der Waals surface area contributed by atoms with Crippen LogP contribution in [0.4, 0.5) is 15.8 Å². The highest BCUT2D eigenvalue weighted by molar-refractivity contribution is 6.00. The summed E-state index contributed by atoms with van der Waals surface area (Å²) in [5.41, 5.74) is 8.49. The van der Waals surface area contributed by atoms with Crippen molar-refractivity contribution in [3.8, 4) is 0 Å². The maximum absolute atomic E-state index is 13.1. The predicted octanol–water partition coefficient (Wildman–Crippen LogP) is 3.57. The van der Waals surface area contributed by atoms with Crippen molar-refractivity contribution in [3.05, 3.63) is 66.2 Å². The first-order valence-corrected chi connectivity index (χ1v) is 6.34. The number of hydrogen-bond donors (Lipinski definition) is 2. The molecule has 2 aromatic carbocycles. The van der Waals surface area contributed by atoms with Gasteiger partial charge < -0.3 is 11.1 Å². The fourth-order valence-corrected chi connectivity index (χ4v) is 2.21. The average molecular weight is 267 g/mol. The van der Waals surface area contributed by atoms with Gasteiger partial charge in [-0.1, -0.05) is 12.1 Å². The van der Waals surface area contributed by atoms with Crippen LogP contribution in [0, 0.1) is 5.82 Å². The van der Waals surface area contributed by atoms with Gasteiger partial charge >= 0.3 is 0 Å². The van der Waals surface area contributed by atoms with Crippen molar-refractivity contribution in [2.24, 2.45) is 0 Å². The summed E-state index contributed by atoms with van der Waals surface area (Å²) in [6, 6.07) is 12.2. The van der Waals surface area contributed by atoms with Crippen LogP contribution < -0.4 is 11.1 Å². The number of hydrogen-bond acceptors (Lipinski definition) is 3. The predicted molar refractivity (Wildman–Crippen MR) is 79.9 cm³/mol. The van der Waals surface area contributed by atoms with Crippen LogP contribution in [0.15, 0.2) is 54.9 Å². The first-order chi connectivity index (χ1) is 9.74. The molecule has 0 fully saturated rings. The first-order valence-electron chi connectivity index (χ1n) is 6.34. The molecule has 0 aliphatic carbocycles. The van der Waals surface area contributed by atoms with Gasteiger partial charge in [0.2, 0.25) is 0 Å². The van der Waals surface area contributed by atoms with E-state index < -0.39 is 0 Å². The molecule has 0 radical (unpaired) electrons. The van der Waals surface area contributed by atoms with Crippen molar-refractivity contribution in [3.63, 3.8) is 0 Å². The van der Waals surface area contributed by atoms with Crippen LogP contribution in [0.1, 0.15) is 5.56 Å². The lowest BCUT2D eigenvalue weighted by Crippen LogP contribution is -2.01. The molecule has 0 spiro atoms. The van der Waals surface area contributed by atoms with E-state index in [1.54, 1.807) is 18.5 Å². The second-order valence-corrected chi connectivity index (χ2v) is 4.61. The number of halogens is 1. The molecule has 3 aromatic rings. The molecule has 20 heavy (non-hydrogen) atoms. The van der Waals surface area contributed by atoms with Crippen molar-refractivity contribution in [2.75, 3.05) is 11.1 Å². The molecule has 1 aromatic heterocycles. The Morgan fingerprint density at radius 3 is 2.85 bits per heavy atom. The van der Waals surface area contributed by atoms with E-state index in [-0.39, 0.29) is 5.82 Å². The number of nitrogens with zero attached hydrogens (tertiary/aromatic N) is 1. The lowest BCUT2D eigenvalue weighted by Gasteiger charge is -2.11. The number of benzene rings is 2. The van der Waals surface area contributed by atoms with Crippen LogP contribution in [-0.4, -0.2) is 4.98 Å². The third-order valence-electron chi connectivity index (χ3n) is 3.22. The number of nitrogen functional groups attached to an aromatic ring is 1. The number of nitrogens with one attached hydrogen (secondary N) is 1. The number of fused-ring (bicyclic) bond motifs is 1. The standard InChI is InChI=1S/C16H14FN3/c17-12-3-1-2-11(8-12)9-20-16-5-4-15(18)14-10-19-7-6-13(14)16/h1-8,10,20H,9,18H2.